The van der Waals surface area contributed by atoms with E-state index in [2.05, 4.69) is 6.58 Å². The topological polar surface area (TPSA) is 46.3 Å². The highest BCUT2D eigenvalue weighted by molar-refractivity contribution is 5.45. The van der Waals surface area contributed by atoms with E-state index in [4.69, 9.17) is 5.84 Å². The Kier molecular flexibility index (Phi) is 5.77. The van der Waals surface area contributed by atoms with Gasteiger partial charge in [-0.15, -0.1) is 6.58 Å². The molecule has 1 amide bonds. The van der Waals surface area contributed by atoms with Crippen molar-refractivity contribution in [2.24, 2.45) is 5.84 Å². The number of rotatable bonds is 6. The lowest BCUT2D eigenvalue weighted by atomic mass is 10.2. The Morgan fingerprint density at radius 1 is 1.50 bits per heavy atom. The van der Waals surface area contributed by atoms with Gasteiger partial charge in [0.15, 0.2) is 0 Å². The van der Waals surface area contributed by atoms with Crippen molar-refractivity contribution in [3.05, 3.63) is 12.7 Å². The van der Waals surface area contributed by atoms with Crippen molar-refractivity contribution in [3.8, 4) is 0 Å². The fourth-order valence-corrected chi connectivity index (χ4v) is 0.636. The Hall–Kier alpha value is -0.830. The van der Waals surface area contributed by atoms with Crippen LogP contribution in [-0.4, -0.2) is 18.0 Å². The van der Waals surface area contributed by atoms with E-state index < -0.39 is 0 Å². The number of carbonyl (C=O) groups excluding carboxylic acids is 1. The summed E-state index contributed by atoms with van der Waals surface area (Å²) in [6, 6.07) is 0. The summed E-state index contributed by atoms with van der Waals surface area (Å²) in [6.45, 7) is 4.22. The zero-order chi connectivity index (χ0) is 7.82. The third kappa shape index (κ3) is 5.31. The van der Waals surface area contributed by atoms with Crippen molar-refractivity contribution in [1.29, 1.82) is 0 Å². The van der Waals surface area contributed by atoms with Crippen LogP contribution in [0.1, 0.15) is 19.3 Å². The Balaban J connectivity index is 3.02. The molecule has 0 spiro atoms. The van der Waals surface area contributed by atoms with Crippen LogP contribution in [0.5, 0.6) is 0 Å². The summed E-state index contributed by atoms with van der Waals surface area (Å²) in [6.07, 6.45) is 5.48. The van der Waals surface area contributed by atoms with Gasteiger partial charge in [0.25, 0.3) is 0 Å². The molecule has 0 aromatic heterocycles. The largest absolute Gasteiger partial charge is 0.283 e. The number of hydrogen-bond acceptors (Lipinski definition) is 2. The van der Waals surface area contributed by atoms with Gasteiger partial charge in [-0.2, -0.15) is 0 Å². The van der Waals surface area contributed by atoms with Gasteiger partial charge in [-0.05, 0) is 19.3 Å². The zero-order valence-electron chi connectivity index (χ0n) is 6.12. The summed E-state index contributed by atoms with van der Waals surface area (Å²) >= 11 is 0. The molecule has 10 heavy (non-hydrogen) atoms. The van der Waals surface area contributed by atoms with Crippen molar-refractivity contribution < 1.29 is 4.79 Å². The molecule has 2 N–H and O–H groups in total. The van der Waals surface area contributed by atoms with Gasteiger partial charge in [-0.3, -0.25) is 9.80 Å². The number of hydrazine groups is 1. The molecule has 0 radical (unpaired) electrons. The van der Waals surface area contributed by atoms with Gasteiger partial charge in [-0.1, -0.05) is 6.08 Å². The number of carbonyl (C=O) groups is 1. The number of nitrogens with zero attached hydrogens (tertiary/aromatic N) is 1. The first-order chi connectivity index (χ1) is 4.81. The fourth-order valence-electron chi connectivity index (χ4n) is 0.636. The van der Waals surface area contributed by atoms with Crippen LogP contribution in [0.4, 0.5) is 0 Å². The van der Waals surface area contributed by atoms with Crippen LogP contribution < -0.4 is 5.84 Å². The van der Waals surface area contributed by atoms with Crippen LogP contribution in [0, 0.1) is 0 Å². The van der Waals surface area contributed by atoms with E-state index >= 15 is 0 Å². The second-order valence-corrected chi connectivity index (χ2v) is 2.13. The molecule has 0 fully saturated rings. The summed E-state index contributed by atoms with van der Waals surface area (Å²) in [4.78, 5) is 9.95. The molecule has 58 valence electrons. The SMILES string of the molecule is C=CCCCCN(N)C=O. The second kappa shape index (κ2) is 6.29. The smallest absolute Gasteiger partial charge is 0.223 e. The van der Waals surface area contributed by atoms with E-state index in [9.17, 15) is 4.79 Å². The molecular formula is C7H14N2O. The highest BCUT2D eigenvalue weighted by atomic mass is 16.1. The minimum atomic E-state index is 0.633. The first-order valence-corrected chi connectivity index (χ1v) is 3.38. The van der Waals surface area contributed by atoms with E-state index in [0.29, 0.717) is 13.0 Å². The highest BCUT2D eigenvalue weighted by Gasteiger charge is 1.91. The van der Waals surface area contributed by atoms with Gasteiger partial charge in [0.05, 0.1) is 0 Å². The standard InChI is InChI=1S/C7H14N2O/c1-2-3-4-5-6-9(8)7-10/h2,7H,1,3-6,8H2. The van der Waals surface area contributed by atoms with Gasteiger partial charge in [0.1, 0.15) is 0 Å². The molecule has 0 aliphatic heterocycles. The lowest BCUT2D eigenvalue weighted by Crippen LogP contribution is -2.30. The van der Waals surface area contributed by atoms with Gasteiger partial charge < -0.3 is 0 Å². The van der Waals surface area contributed by atoms with Crippen LogP contribution >= 0.6 is 0 Å². The summed E-state index contributed by atoms with van der Waals surface area (Å²) in [5, 5.41) is 1.16. The minimum absolute atomic E-state index is 0.633. The summed E-state index contributed by atoms with van der Waals surface area (Å²) in [7, 11) is 0. The summed E-state index contributed by atoms with van der Waals surface area (Å²) in [5.41, 5.74) is 0. The number of unbranched alkanes of at least 4 members (excludes halogenated alkanes) is 2. The van der Waals surface area contributed by atoms with Crippen molar-refractivity contribution in [2.75, 3.05) is 6.54 Å². The van der Waals surface area contributed by atoms with E-state index in [1.165, 1.54) is 0 Å². The molecule has 0 aromatic carbocycles. The first-order valence-electron chi connectivity index (χ1n) is 3.38. The van der Waals surface area contributed by atoms with Crippen molar-refractivity contribution in [1.82, 2.24) is 5.01 Å². The lowest BCUT2D eigenvalue weighted by Gasteiger charge is -2.07. The van der Waals surface area contributed by atoms with Crippen LogP contribution in [0.25, 0.3) is 0 Å². The van der Waals surface area contributed by atoms with Gasteiger partial charge >= 0.3 is 0 Å². The summed E-state index contributed by atoms with van der Waals surface area (Å²) in [5.74, 6) is 5.19. The maximum atomic E-state index is 9.95. The van der Waals surface area contributed by atoms with E-state index in [1.54, 1.807) is 0 Å². The Morgan fingerprint density at radius 2 is 2.20 bits per heavy atom. The average Bonchev–Trinajstić information content (AvgIpc) is 1.98. The van der Waals surface area contributed by atoms with Gasteiger partial charge in [0.2, 0.25) is 6.41 Å². The molecule has 0 atom stereocenters. The molecule has 0 aromatic rings. The quantitative estimate of drug-likeness (QED) is 0.148. The molecule has 0 heterocycles. The number of nitrogens with two attached hydrogens (primary N) is 1. The molecule has 0 saturated carbocycles. The first kappa shape index (κ1) is 9.17. The Bertz CT molecular complexity index is 104. The number of amides is 1. The minimum Gasteiger partial charge on any atom is -0.283 e. The molecule has 0 rings (SSSR count). The third-order valence-corrected chi connectivity index (χ3v) is 1.21. The normalized spacial score (nSPS) is 8.90. The maximum absolute atomic E-state index is 9.95. The molecule has 0 saturated heterocycles. The van der Waals surface area contributed by atoms with Crippen LogP contribution in [0.15, 0.2) is 12.7 Å². The number of allylic oxidation sites excluding steroid dienone is 1. The monoisotopic (exact) mass is 142 g/mol. The molecule has 3 nitrogen and oxygen atoms in total. The molecule has 3 heteroatoms. The number of hydrogen-bond donors (Lipinski definition) is 1. The molecular weight excluding hydrogens is 128 g/mol. The lowest BCUT2D eigenvalue weighted by molar-refractivity contribution is -0.118. The van der Waals surface area contributed by atoms with Crippen LogP contribution in [0.2, 0.25) is 0 Å². The molecule has 0 bridgehead atoms. The van der Waals surface area contributed by atoms with E-state index in [1.807, 2.05) is 6.08 Å². The van der Waals surface area contributed by atoms with Crippen LogP contribution in [-0.2, 0) is 4.79 Å². The van der Waals surface area contributed by atoms with Crippen molar-refractivity contribution in [3.63, 3.8) is 0 Å². The third-order valence-electron chi connectivity index (χ3n) is 1.21. The van der Waals surface area contributed by atoms with Crippen molar-refractivity contribution >= 4 is 6.41 Å². The fraction of sp³-hybridized carbons (Fsp3) is 0.571. The Labute approximate surface area is 61.5 Å². The highest BCUT2D eigenvalue weighted by Crippen LogP contribution is 1.94. The average molecular weight is 142 g/mol. The predicted molar refractivity (Wildman–Crippen MR) is 41.0 cm³/mol. The van der Waals surface area contributed by atoms with Crippen molar-refractivity contribution in [2.45, 2.75) is 19.3 Å². The molecule has 0 aliphatic rings. The second-order valence-electron chi connectivity index (χ2n) is 2.13. The van der Waals surface area contributed by atoms with Gasteiger partial charge in [-0.25, -0.2) is 5.84 Å². The molecule has 0 aliphatic carbocycles. The Morgan fingerprint density at radius 3 is 2.70 bits per heavy atom. The molecule has 0 unspecified atom stereocenters. The maximum Gasteiger partial charge on any atom is 0.223 e. The van der Waals surface area contributed by atoms with Crippen LogP contribution in [0.3, 0.4) is 0 Å². The van der Waals surface area contributed by atoms with E-state index in [-0.39, 0.29) is 0 Å². The zero-order valence-corrected chi connectivity index (χ0v) is 6.12. The van der Waals surface area contributed by atoms with E-state index in [0.717, 1.165) is 24.3 Å². The predicted octanol–water partition coefficient (Wildman–Crippen LogP) is 0.675. The van der Waals surface area contributed by atoms with Gasteiger partial charge in [0, 0.05) is 6.54 Å². The summed E-state index contributed by atoms with van der Waals surface area (Å²) < 4.78 is 0.